The highest BCUT2D eigenvalue weighted by Gasteiger charge is 2.61. The van der Waals surface area contributed by atoms with Crippen LogP contribution in [0.15, 0.2) is 34.9 Å². The van der Waals surface area contributed by atoms with E-state index in [0.717, 1.165) is 61.8 Å². The molecule has 1 aromatic carbocycles. The lowest BCUT2D eigenvalue weighted by molar-refractivity contribution is -0.140. The van der Waals surface area contributed by atoms with Crippen LogP contribution in [-0.2, 0) is 4.79 Å². The third-order valence-corrected chi connectivity index (χ3v) is 7.93. The second-order valence-corrected chi connectivity index (χ2v) is 9.50. The number of hydrogen-bond acceptors (Lipinski definition) is 3. The van der Waals surface area contributed by atoms with E-state index in [2.05, 4.69) is 25.6 Å². The quantitative estimate of drug-likeness (QED) is 0.683. The summed E-state index contributed by atoms with van der Waals surface area (Å²) in [4.78, 5) is 15.6. The molecule has 28 heavy (non-hydrogen) atoms. The van der Waals surface area contributed by atoms with Crippen LogP contribution in [0.25, 0.3) is 11.0 Å². The van der Waals surface area contributed by atoms with Crippen molar-refractivity contribution in [3.63, 3.8) is 0 Å². The lowest BCUT2D eigenvalue weighted by Gasteiger charge is -2.41. The molecule has 5 rings (SSSR count). The van der Waals surface area contributed by atoms with Gasteiger partial charge in [-0.2, -0.15) is 0 Å². The van der Waals surface area contributed by atoms with E-state index < -0.39 is 0 Å². The van der Waals surface area contributed by atoms with Crippen molar-refractivity contribution in [1.82, 2.24) is 10.1 Å². The second-order valence-electron chi connectivity index (χ2n) is 9.50. The molecule has 5 heteroatoms. The fourth-order valence-electron chi connectivity index (χ4n) is 6.01. The SMILES string of the molecule is C=C1C2(C(=O)N3CCC(c4noc5cc(F)ccc45)CC3)CCC(C2)C1(C)C. The Labute approximate surface area is 164 Å². The van der Waals surface area contributed by atoms with Crippen LogP contribution in [0.4, 0.5) is 4.39 Å². The Morgan fingerprint density at radius 1 is 1.29 bits per heavy atom. The number of amides is 1. The van der Waals surface area contributed by atoms with Gasteiger partial charge in [0, 0.05) is 30.5 Å². The number of nitrogens with zero attached hydrogens (tertiary/aromatic N) is 2. The molecule has 2 aliphatic carbocycles. The van der Waals surface area contributed by atoms with Gasteiger partial charge in [-0.15, -0.1) is 0 Å². The van der Waals surface area contributed by atoms with Gasteiger partial charge in [-0.3, -0.25) is 4.79 Å². The maximum atomic E-state index is 13.5. The molecule has 3 fully saturated rings. The van der Waals surface area contributed by atoms with Gasteiger partial charge in [0.25, 0.3) is 0 Å². The Kier molecular flexibility index (Phi) is 3.78. The maximum absolute atomic E-state index is 13.5. The summed E-state index contributed by atoms with van der Waals surface area (Å²) >= 11 is 0. The van der Waals surface area contributed by atoms with Crippen molar-refractivity contribution in [3.8, 4) is 0 Å². The molecule has 0 spiro atoms. The summed E-state index contributed by atoms with van der Waals surface area (Å²) in [5.74, 6) is 0.803. The predicted octanol–water partition coefficient (Wildman–Crippen LogP) is 5.06. The number of rotatable bonds is 2. The number of hydrogen-bond donors (Lipinski definition) is 0. The number of likely N-dealkylation sites (tertiary alicyclic amines) is 1. The zero-order valence-electron chi connectivity index (χ0n) is 16.6. The lowest BCUT2D eigenvalue weighted by atomic mass is 9.68. The predicted molar refractivity (Wildman–Crippen MR) is 105 cm³/mol. The number of benzene rings is 1. The van der Waals surface area contributed by atoms with E-state index in [9.17, 15) is 9.18 Å². The summed E-state index contributed by atoms with van der Waals surface area (Å²) in [6, 6.07) is 4.58. The molecular weight excluding hydrogens is 355 g/mol. The zero-order valence-corrected chi connectivity index (χ0v) is 16.6. The van der Waals surface area contributed by atoms with Crippen LogP contribution in [0.5, 0.6) is 0 Å². The van der Waals surface area contributed by atoms with Gasteiger partial charge < -0.3 is 9.42 Å². The molecule has 2 atom stereocenters. The first-order valence-corrected chi connectivity index (χ1v) is 10.4. The van der Waals surface area contributed by atoms with Gasteiger partial charge in [0.15, 0.2) is 5.58 Å². The van der Waals surface area contributed by atoms with Crippen molar-refractivity contribution in [2.75, 3.05) is 13.1 Å². The molecule has 1 amide bonds. The second kappa shape index (κ2) is 5.91. The van der Waals surface area contributed by atoms with E-state index in [-0.39, 0.29) is 28.5 Å². The van der Waals surface area contributed by atoms with Crippen molar-refractivity contribution in [2.45, 2.75) is 51.9 Å². The Balaban J connectivity index is 1.32. The van der Waals surface area contributed by atoms with Gasteiger partial charge >= 0.3 is 0 Å². The topological polar surface area (TPSA) is 46.3 Å². The van der Waals surface area contributed by atoms with Crippen LogP contribution in [0, 0.1) is 22.6 Å². The van der Waals surface area contributed by atoms with Crippen LogP contribution in [0.1, 0.15) is 57.6 Å². The van der Waals surface area contributed by atoms with Crippen molar-refractivity contribution in [3.05, 3.63) is 41.9 Å². The summed E-state index contributed by atoms with van der Waals surface area (Å²) in [6.45, 7) is 10.3. The first-order valence-electron chi connectivity index (χ1n) is 10.4. The third kappa shape index (κ3) is 2.34. The largest absolute Gasteiger partial charge is 0.356 e. The number of piperidine rings is 1. The van der Waals surface area contributed by atoms with E-state index in [0.29, 0.717) is 11.5 Å². The molecule has 2 aromatic rings. The molecule has 0 radical (unpaired) electrons. The average molecular weight is 382 g/mol. The van der Waals surface area contributed by atoms with E-state index >= 15 is 0 Å². The minimum absolute atomic E-state index is 0.0706. The number of carbonyl (C=O) groups is 1. The van der Waals surface area contributed by atoms with Crippen LogP contribution < -0.4 is 0 Å². The Bertz CT molecular complexity index is 970. The first-order chi connectivity index (χ1) is 13.3. The molecule has 4 nitrogen and oxygen atoms in total. The highest BCUT2D eigenvalue weighted by Crippen LogP contribution is 2.66. The van der Waals surface area contributed by atoms with Crippen molar-refractivity contribution in [2.24, 2.45) is 16.7 Å². The van der Waals surface area contributed by atoms with Crippen LogP contribution >= 0.6 is 0 Å². The third-order valence-electron chi connectivity index (χ3n) is 7.93. The Hall–Kier alpha value is -2.17. The van der Waals surface area contributed by atoms with Crippen molar-refractivity contribution >= 4 is 16.9 Å². The Morgan fingerprint density at radius 2 is 2.04 bits per heavy atom. The molecular formula is C23H27FN2O2. The van der Waals surface area contributed by atoms with Crippen LogP contribution in [-0.4, -0.2) is 29.1 Å². The van der Waals surface area contributed by atoms with Crippen molar-refractivity contribution in [1.29, 1.82) is 0 Å². The molecule has 1 aliphatic heterocycles. The Morgan fingerprint density at radius 3 is 2.71 bits per heavy atom. The molecule has 1 saturated heterocycles. The molecule has 0 N–H and O–H groups in total. The molecule has 148 valence electrons. The van der Waals surface area contributed by atoms with Gasteiger partial charge in [-0.1, -0.05) is 31.2 Å². The van der Waals surface area contributed by atoms with Gasteiger partial charge in [-0.25, -0.2) is 4.39 Å². The summed E-state index contributed by atoms with van der Waals surface area (Å²) in [6.07, 6.45) is 4.78. The molecule has 2 heterocycles. The van der Waals surface area contributed by atoms with E-state index in [4.69, 9.17) is 4.52 Å². The van der Waals surface area contributed by atoms with Crippen molar-refractivity contribution < 1.29 is 13.7 Å². The summed E-state index contributed by atoms with van der Waals surface area (Å²) < 4.78 is 18.7. The standard InChI is InChI=1S/C23H27FN2O2/c1-14-22(2,3)16-6-9-23(14,13-16)21(27)26-10-7-15(8-11-26)20-18-5-4-17(24)12-19(18)28-25-20/h4-5,12,15-16H,1,6-11,13H2,2-3H3. The summed E-state index contributed by atoms with van der Waals surface area (Å²) in [7, 11) is 0. The lowest BCUT2D eigenvalue weighted by Crippen LogP contribution is -2.47. The van der Waals surface area contributed by atoms with E-state index in [1.807, 2.05) is 4.90 Å². The number of aromatic nitrogens is 1. The summed E-state index contributed by atoms with van der Waals surface area (Å²) in [5, 5.41) is 5.10. The minimum atomic E-state index is -0.334. The monoisotopic (exact) mass is 382 g/mol. The molecule has 2 unspecified atom stereocenters. The fourth-order valence-corrected chi connectivity index (χ4v) is 6.01. The normalized spacial score (nSPS) is 29.8. The van der Waals surface area contributed by atoms with E-state index in [1.54, 1.807) is 6.07 Å². The maximum Gasteiger partial charge on any atom is 0.232 e. The fraction of sp³-hybridized carbons (Fsp3) is 0.565. The van der Waals surface area contributed by atoms with Gasteiger partial charge in [0.05, 0.1) is 11.1 Å². The number of halogens is 1. The molecule has 3 aliphatic rings. The van der Waals surface area contributed by atoms with Crippen LogP contribution in [0.3, 0.4) is 0 Å². The molecule has 2 bridgehead atoms. The van der Waals surface area contributed by atoms with Gasteiger partial charge in [-0.05, 0) is 55.6 Å². The van der Waals surface area contributed by atoms with E-state index in [1.165, 1.54) is 12.1 Å². The highest BCUT2D eigenvalue weighted by molar-refractivity contribution is 5.88. The smallest absolute Gasteiger partial charge is 0.232 e. The zero-order chi connectivity index (χ0) is 19.7. The number of fused-ring (bicyclic) bond motifs is 3. The summed E-state index contributed by atoms with van der Waals surface area (Å²) in [5.41, 5.74) is 2.27. The highest BCUT2D eigenvalue weighted by atomic mass is 19.1. The molecule has 2 saturated carbocycles. The number of carbonyl (C=O) groups excluding carboxylic acids is 1. The minimum Gasteiger partial charge on any atom is -0.356 e. The average Bonchev–Trinajstić information content (AvgIpc) is 3.36. The molecule has 1 aromatic heterocycles. The van der Waals surface area contributed by atoms with Gasteiger partial charge in [0.1, 0.15) is 5.82 Å². The van der Waals surface area contributed by atoms with Gasteiger partial charge in [0.2, 0.25) is 5.91 Å². The first kappa shape index (κ1) is 17.9. The van der Waals surface area contributed by atoms with Crippen LogP contribution in [0.2, 0.25) is 0 Å².